The van der Waals surface area contributed by atoms with Gasteiger partial charge in [0.15, 0.2) is 0 Å². The van der Waals surface area contributed by atoms with Crippen molar-refractivity contribution in [3.63, 3.8) is 0 Å². The Morgan fingerprint density at radius 1 is 1.60 bits per heavy atom. The van der Waals surface area contributed by atoms with Crippen molar-refractivity contribution in [2.24, 2.45) is 5.92 Å². The van der Waals surface area contributed by atoms with E-state index in [1.807, 2.05) is 0 Å². The van der Waals surface area contributed by atoms with Crippen LogP contribution in [0.3, 0.4) is 0 Å². The zero-order valence-corrected chi connectivity index (χ0v) is 6.44. The molecule has 0 aliphatic heterocycles. The highest BCUT2D eigenvalue weighted by molar-refractivity contribution is 5.79. The summed E-state index contributed by atoms with van der Waals surface area (Å²) in [5.41, 5.74) is 0. The van der Waals surface area contributed by atoms with Crippen LogP contribution in [-0.2, 0) is 4.79 Å². The normalized spacial score (nSPS) is 26.9. The van der Waals surface area contributed by atoms with Crippen molar-refractivity contribution in [3.8, 4) is 0 Å². The van der Waals surface area contributed by atoms with Crippen LogP contribution in [0.5, 0.6) is 0 Å². The monoisotopic (exact) mass is 139 g/mol. The molecule has 1 heteroatoms. The molecule has 1 atom stereocenters. The zero-order chi connectivity index (χ0) is 7.40. The van der Waals surface area contributed by atoms with Gasteiger partial charge in [0.1, 0.15) is 5.78 Å². The van der Waals surface area contributed by atoms with E-state index in [0.29, 0.717) is 11.7 Å². The largest absolute Gasteiger partial charge is 0.300 e. The lowest BCUT2D eigenvalue weighted by Gasteiger charge is -2.19. The summed E-state index contributed by atoms with van der Waals surface area (Å²) in [5, 5.41) is 0. The minimum absolute atomic E-state index is 0.463. The molecule has 1 fully saturated rings. The second kappa shape index (κ2) is 3.75. The molecule has 0 bridgehead atoms. The molecule has 57 valence electrons. The van der Waals surface area contributed by atoms with Crippen molar-refractivity contribution in [1.82, 2.24) is 0 Å². The molecule has 0 aromatic carbocycles. The molecular weight excluding hydrogens is 124 g/mol. The lowest BCUT2D eigenvalue weighted by atomic mass is 9.85. The molecule has 1 aliphatic carbocycles. The highest BCUT2D eigenvalue weighted by Crippen LogP contribution is 2.24. The number of ketones is 1. The van der Waals surface area contributed by atoms with Crippen LogP contribution in [0.1, 0.15) is 38.5 Å². The Labute approximate surface area is 62.8 Å². The van der Waals surface area contributed by atoms with Gasteiger partial charge in [0.05, 0.1) is 0 Å². The number of rotatable bonds is 2. The zero-order valence-electron chi connectivity index (χ0n) is 6.44. The van der Waals surface area contributed by atoms with Gasteiger partial charge in [-0.1, -0.05) is 19.8 Å². The maximum atomic E-state index is 10.9. The first-order valence-electron chi connectivity index (χ1n) is 4.14. The van der Waals surface area contributed by atoms with Crippen molar-refractivity contribution in [2.75, 3.05) is 0 Å². The van der Waals surface area contributed by atoms with Crippen LogP contribution in [0.4, 0.5) is 0 Å². The second-order valence-corrected chi connectivity index (χ2v) is 3.14. The van der Waals surface area contributed by atoms with E-state index in [1.165, 1.54) is 6.42 Å². The summed E-state index contributed by atoms with van der Waals surface area (Å²) < 4.78 is 0. The van der Waals surface area contributed by atoms with Crippen molar-refractivity contribution in [3.05, 3.63) is 6.92 Å². The first-order chi connectivity index (χ1) is 4.83. The lowest BCUT2D eigenvalue weighted by molar-refractivity contribution is -0.121. The highest BCUT2D eigenvalue weighted by Gasteiger charge is 2.17. The fourth-order valence-corrected chi connectivity index (χ4v) is 1.65. The molecule has 1 saturated carbocycles. The van der Waals surface area contributed by atoms with Gasteiger partial charge in [-0.05, 0) is 18.8 Å². The summed E-state index contributed by atoms with van der Waals surface area (Å²) in [6.45, 7) is 3.79. The lowest BCUT2D eigenvalue weighted by Crippen LogP contribution is -2.14. The van der Waals surface area contributed by atoms with Gasteiger partial charge in [-0.2, -0.15) is 0 Å². The van der Waals surface area contributed by atoms with Crippen LogP contribution in [0.15, 0.2) is 0 Å². The Bertz CT molecular complexity index is 116. The maximum Gasteiger partial charge on any atom is 0.133 e. The fourth-order valence-electron chi connectivity index (χ4n) is 1.65. The molecule has 0 spiro atoms. The van der Waals surface area contributed by atoms with E-state index < -0.39 is 0 Å². The third-order valence-electron chi connectivity index (χ3n) is 2.20. The van der Waals surface area contributed by atoms with Crippen molar-refractivity contribution in [2.45, 2.75) is 38.5 Å². The summed E-state index contributed by atoms with van der Waals surface area (Å²) in [7, 11) is 0. The Balaban J connectivity index is 2.25. The van der Waals surface area contributed by atoms with E-state index in [4.69, 9.17) is 0 Å². The number of hydrogen-bond donors (Lipinski definition) is 0. The van der Waals surface area contributed by atoms with Gasteiger partial charge in [-0.3, -0.25) is 4.79 Å². The van der Waals surface area contributed by atoms with E-state index in [-0.39, 0.29) is 0 Å². The van der Waals surface area contributed by atoms with Gasteiger partial charge in [-0.15, -0.1) is 0 Å². The van der Waals surface area contributed by atoms with Crippen molar-refractivity contribution < 1.29 is 4.79 Å². The van der Waals surface area contributed by atoms with Gasteiger partial charge in [0.2, 0.25) is 0 Å². The number of carbonyl (C=O) groups is 1. The van der Waals surface area contributed by atoms with E-state index in [0.717, 1.165) is 32.1 Å². The van der Waals surface area contributed by atoms with E-state index >= 15 is 0 Å². The Hall–Kier alpha value is -0.330. The predicted octanol–water partition coefficient (Wildman–Crippen LogP) is 2.36. The van der Waals surface area contributed by atoms with Crippen LogP contribution in [0.25, 0.3) is 0 Å². The third-order valence-corrected chi connectivity index (χ3v) is 2.20. The molecule has 1 nitrogen and oxygen atoms in total. The smallest absolute Gasteiger partial charge is 0.133 e. The predicted molar refractivity (Wildman–Crippen MR) is 41.6 cm³/mol. The van der Waals surface area contributed by atoms with Crippen LogP contribution in [-0.4, -0.2) is 5.78 Å². The Kier molecular flexibility index (Phi) is 2.91. The molecule has 0 aromatic heterocycles. The molecule has 0 amide bonds. The highest BCUT2D eigenvalue weighted by atomic mass is 16.1. The topological polar surface area (TPSA) is 17.1 Å². The molecule has 1 rings (SSSR count). The van der Waals surface area contributed by atoms with Crippen molar-refractivity contribution >= 4 is 5.78 Å². The van der Waals surface area contributed by atoms with Gasteiger partial charge in [-0.25, -0.2) is 0 Å². The molecule has 0 N–H and O–H groups in total. The summed E-state index contributed by atoms with van der Waals surface area (Å²) in [6, 6.07) is 0. The first kappa shape index (κ1) is 7.77. The van der Waals surface area contributed by atoms with Gasteiger partial charge >= 0.3 is 0 Å². The van der Waals surface area contributed by atoms with Crippen molar-refractivity contribution in [1.29, 1.82) is 0 Å². The molecule has 0 saturated heterocycles. The SMILES string of the molecule is [CH2]CCC1CCCC(=O)C1. The average Bonchev–Trinajstić information content (AvgIpc) is 1.88. The quantitative estimate of drug-likeness (QED) is 0.574. The molecule has 10 heavy (non-hydrogen) atoms. The molecule has 1 aliphatic rings. The average molecular weight is 139 g/mol. The van der Waals surface area contributed by atoms with Crippen LogP contribution in [0.2, 0.25) is 0 Å². The van der Waals surface area contributed by atoms with Gasteiger partial charge in [0.25, 0.3) is 0 Å². The summed E-state index contributed by atoms with van der Waals surface area (Å²) >= 11 is 0. The minimum atomic E-state index is 0.463. The van der Waals surface area contributed by atoms with E-state index in [2.05, 4.69) is 6.92 Å². The van der Waals surface area contributed by atoms with E-state index in [1.54, 1.807) is 0 Å². The fraction of sp³-hybridized carbons (Fsp3) is 0.778. The number of hydrogen-bond acceptors (Lipinski definition) is 1. The first-order valence-corrected chi connectivity index (χ1v) is 4.14. The molecule has 1 radical (unpaired) electrons. The summed E-state index contributed by atoms with van der Waals surface area (Å²) in [4.78, 5) is 10.9. The van der Waals surface area contributed by atoms with Crippen LogP contribution >= 0.6 is 0 Å². The molecule has 0 heterocycles. The van der Waals surface area contributed by atoms with E-state index in [9.17, 15) is 4.79 Å². The molecule has 0 aromatic rings. The number of carbonyl (C=O) groups excluding carboxylic acids is 1. The Morgan fingerprint density at radius 2 is 2.40 bits per heavy atom. The summed E-state index contributed by atoms with van der Waals surface area (Å²) in [5.74, 6) is 1.13. The number of Topliss-reactive ketones (excluding diaryl/α,β-unsaturated/α-hetero) is 1. The third kappa shape index (κ3) is 2.13. The minimum Gasteiger partial charge on any atom is -0.300 e. The molecular formula is C9H15O. The summed E-state index contributed by atoms with van der Waals surface area (Å²) in [6.07, 6.45) is 6.15. The van der Waals surface area contributed by atoms with Gasteiger partial charge < -0.3 is 0 Å². The Morgan fingerprint density at radius 3 is 3.00 bits per heavy atom. The maximum absolute atomic E-state index is 10.9. The standard InChI is InChI=1S/C9H15O/c1-2-4-8-5-3-6-9(10)7-8/h8H,1-7H2. The molecule has 1 unspecified atom stereocenters. The van der Waals surface area contributed by atoms with Crippen LogP contribution in [0, 0.1) is 12.8 Å². The second-order valence-electron chi connectivity index (χ2n) is 3.14. The van der Waals surface area contributed by atoms with Crippen LogP contribution < -0.4 is 0 Å². The van der Waals surface area contributed by atoms with Gasteiger partial charge in [0, 0.05) is 12.8 Å².